The van der Waals surface area contributed by atoms with Gasteiger partial charge in [0, 0.05) is 11.1 Å². The van der Waals surface area contributed by atoms with Crippen LogP contribution in [0.2, 0.25) is 0 Å². The predicted molar refractivity (Wildman–Crippen MR) is 61.5 cm³/mol. The molecule has 2 atom stereocenters. The van der Waals surface area contributed by atoms with Crippen LogP contribution in [0.4, 0.5) is 0 Å². The maximum atomic E-state index is 9.84. The number of benzene rings is 1. The number of halogens is 1. The van der Waals surface area contributed by atoms with E-state index in [1.165, 1.54) is 0 Å². The smallest absolute Gasteiger partial charge is 0.105 e. The highest BCUT2D eigenvalue weighted by molar-refractivity contribution is 9.10. The topological polar surface area (TPSA) is 60.7 Å². The monoisotopic (exact) mass is 274 g/mol. The summed E-state index contributed by atoms with van der Waals surface area (Å²) < 4.78 is 0.898. The molecule has 0 radical (unpaired) electrons. The van der Waals surface area contributed by atoms with Crippen LogP contribution in [-0.4, -0.2) is 28.0 Å². The molecule has 0 aliphatic carbocycles. The standard InChI is InChI=1S/C11H15BrO3/c1-7-8(3-2-4-9(7)12)11(15)10(14)5-6-13/h2-4,10-11,13-15H,5-6H2,1H3. The van der Waals surface area contributed by atoms with Crippen LogP contribution in [0.5, 0.6) is 0 Å². The molecule has 0 saturated carbocycles. The zero-order valence-electron chi connectivity index (χ0n) is 8.52. The molecule has 0 aliphatic rings. The Bertz CT molecular complexity index is 328. The molecule has 0 amide bonds. The van der Waals surface area contributed by atoms with Crippen molar-refractivity contribution in [1.82, 2.24) is 0 Å². The average Bonchev–Trinajstić information content (AvgIpc) is 2.21. The summed E-state index contributed by atoms with van der Waals surface area (Å²) in [5.74, 6) is 0. The van der Waals surface area contributed by atoms with Gasteiger partial charge >= 0.3 is 0 Å². The molecule has 3 nitrogen and oxygen atoms in total. The van der Waals surface area contributed by atoms with E-state index >= 15 is 0 Å². The summed E-state index contributed by atoms with van der Waals surface area (Å²) in [5, 5.41) is 28.1. The van der Waals surface area contributed by atoms with E-state index < -0.39 is 12.2 Å². The summed E-state index contributed by atoms with van der Waals surface area (Å²) in [6, 6.07) is 5.45. The molecule has 0 saturated heterocycles. The van der Waals surface area contributed by atoms with E-state index in [0.29, 0.717) is 5.56 Å². The van der Waals surface area contributed by atoms with Gasteiger partial charge in [0.05, 0.1) is 6.10 Å². The lowest BCUT2D eigenvalue weighted by Gasteiger charge is -2.19. The Kier molecular flexibility index (Phi) is 4.73. The summed E-state index contributed by atoms with van der Waals surface area (Å²) in [4.78, 5) is 0. The Morgan fingerprint density at radius 2 is 2.00 bits per heavy atom. The Balaban J connectivity index is 2.90. The number of aliphatic hydroxyl groups is 3. The minimum absolute atomic E-state index is 0.134. The van der Waals surface area contributed by atoms with Crippen LogP contribution >= 0.6 is 15.9 Å². The van der Waals surface area contributed by atoms with E-state index in [0.717, 1.165) is 10.0 Å². The van der Waals surface area contributed by atoms with E-state index in [1.54, 1.807) is 12.1 Å². The summed E-state index contributed by atoms with van der Waals surface area (Å²) in [6.45, 7) is 1.74. The highest BCUT2D eigenvalue weighted by Gasteiger charge is 2.19. The van der Waals surface area contributed by atoms with E-state index in [1.807, 2.05) is 13.0 Å². The van der Waals surface area contributed by atoms with Crippen LogP contribution in [0.25, 0.3) is 0 Å². The first-order valence-corrected chi connectivity index (χ1v) is 5.59. The first-order chi connectivity index (χ1) is 7.07. The SMILES string of the molecule is Cc1c(Br)cccc1C(O)C(O)CCO. The third-order valence-corrected chi connectivity index (χ3v) is 3.28. The van der Waals surface area contributed by atoms with E-state index in [-0.39, 0.29) is 13.0 Å². The molecule has 0 heterocycles. The molecular weight excluding hydrogens is 260 g/mol. The van der Waals surface area contributed by atoms with Crippen molar-refractivity contribution in [2.45, 2.75) is 25.6 Å². The van der Waals surface area contributed by atoms with Crippen molar-refractivity contribution in [2.75, 3.05) is 6.61 Å². The summed E-state index contributed by atoms with van der Waals surface area (Å²) in [5.41, 5.74) is 1.59. The van der Waals surface area contributed by atoms with Crippen molar-refractivity contribution >= 4 is 15.9 Å². The van der Waals surface area contributed by atoms with Crippen molar-refractivity contribution < 1.29 is 15.3 Å². The molecule has 4 heteroatoms. The molecule has 0 fully saturated rings. The molecule has 0 aromatic heterocycles. The van der Waals surface area contributed by atoms with Crippen molar-refractivity contribution in [2.24, 2.45) is 0 Å². The second-order valence-electron chi connectivity index (χ2n) is 3.48. The minimum atomic E-state index is -0.949. The lowest BCUT2D eigenvalue weighted by atomic mass is 9.98. The summed E-state index contributed by atoms with van der Waals surface area (Å²) in [7, 11) is 0. The Morgan fingerprint density at radius 1 is 1.33 bits per heavy atom. The molecule has 0 aliphatic heterocycles. The number of rotatable bonds is 4. The van der Waals surface area contributed by atoms with Gasteiger partial charge in [-0.1, -0.05) is 28.1 Å². The quantitative estimate of drug-likeness (QED) is 0.781. The molecule has 1 aromatic carbocycles. The first-order valence-electron chi connectivity index (χ1n) is 4.80. The fourth-order valence-corrected chi connectivity index (χ4v) is 1.82. The van der Waals surface area contributed by atoms with Gasteiger partial charge in [-0.2, -0.15) is 0 Å². The fourth-order valence-electron chi connectivity index (χ4n) is 1.44. The average molecular weight is 275 g/mol. The Labute approximate surface area is 97.5 Å². The zero-order chi connectivity index (χ0) is 11.4. The van der Waals surface area contributed by atoms with Crippen molar-refractivity contribution in [3.8, 4) is 0 Å². The van der Waals surface area contributed by atoms with Gasteiger partial charge < -0.3 is 15.3 Å². The molecule has 15 heavy (non-hydrogen) atoms. The normalized spacial score (nSPS) is 15.0. The first kappa shape index (κ1) is 12.6. The molecule has 84 valence electrons. The molecule has 0 spiro atoms. The third-order valence-electron chi connectivity index (χ3n) is 2.42. The van der Waals surface area contributed by atoms with Gasteiger partial charge in [0.1, 0.15) is 6.10 Å². The van der Waals surface area contributed by atoms with Crippen LogP contribution in [0, 0.1) is 6.92 Å². The van der Waals surface area contributed by atoms with Crippen LogP contribution in [0.15, 0.2) is 22.7 Å². The summed E-state index contributed by atoms with van der Waals surface area (Å²) in [6.07, 6.45) is -1.70. The molecule has 0 bridgehead atoms. The second-order valence-corrected chi connectivity index (χ2v) is 4.33. The summed E-state index contributed by atoms with van der Waals surface area (Å²) >= 11 is 3.36. The van der Waals surface area contributed by atoms with Crippen LogP contribution in [0.1, 0.15) is 23.7 Å². The molecule has 2 unspecified atom stereocenters. The Morgan fingerprint density at radius 3 is 2.60 bits per heavy atom. The van der Waals surface area contributed by atoms with Gasteiger partial charge in [0.25, 0.3) is 0 Å². The highest BCUT2D eigenvalue weighted by atomic mass is 79.9. The van der Waals surface area contributed by atoms with Crippen LogP contribution in [-0.2, 0) is 0 Å². The molecule has 3 N–H and O–H groups in total. The van der Waals surface area contributed by atoms with Gasteiger partial charge in [-0.3, -0.25) is 0 Å². The molecular formula is C11H15BrO3. The maximum Gasteiger partial charge on any atom is 0.105 e. The largest absolute Gasteiger partial charge is 0.396 e. The number of aliphatic hydroxyl groups excluding tert-OH is 3. The Hall–Kier alpha value is -0.420. The molecule has 1 aromatic rings. The zero-order valence-corrected chi connectivity index (χ0v) is 10.1. The number of hydrogen-bond donors (Lipinski definition) is 3. The predicted octanol–water partition coefficient (Wildman–Crippen LogP) is 1.53. The van der Waals surface area contributed by atoms with Crippen LogP contribution in [0.3, 0.4) is 0 Å². The third kappa shape index (κ3) is 3.01. The van der Waals surface area contributed by atoms with Crippen molar-refractivity contribution in [3.63, 3.8) is 0 Å². The van der Waals surface area contributed by atoms with E-state index in [4.69, 9.17) is 5.11 Å². The fraction of sp³-hybridized carbons (Fsp3) is 0.455. The highest BCUT2D eigenvalue weighted by Crippen LogP contribution is 2.27. The van der Waals surface area contributed by atoms with E-state index in [9.17, 15) is 10.2 Å². The second kappa shape index (κ2) is 5.61. The van der Waals surface area contributed by atoms with Gasteiger partial charge in [-0.25, -0.2) is 0 Å². The lowest BCUT2D eigenvalue weighted by molar-refractivity contribution is 0.00385. The van der Waals surface area contributed by atoms with Gasteiger partial charge in [0.15, 0.2) is 0 Å². The number of hydrogen-bond acceptors (Lipinski definition) is 3. The van der Waals surface area contributed by atoms with E-state index in [2.05, 4.69) is 15.9 Å². The minimum Gasteiger partial charge on any atom is -0.396 e. The maximum absolute atomic E-state index is 9.84. The van der Waals surface area contributed by atoms with Crippen molar-refractivity contribution in [1.29, 1.82) is 0 Å². The lowest BCUT2D eigenvalue weighted by Crippen LogP contribution is -2.20. The molecule has 1 rings (SSSR count). The van der Waals surface area contributed by atoms with Crippen LogP contribution < -0.4 is 0 Å². The van der Waals surface area contributed by atoms with Gasteiger partial charge in [-0.15, -0.1) is 0 Å². The van der Waals surface area contributed by atoms with Crippen molar-refractivity contribution in [3.05, 3.63) is 33.8 Å². The van der Waals surface area contributed by atoms with Gasteiger partial charge in [0.2, 0.25) is 0 Å². The van der Waals surface area contributed by atoms with Gasteiger partial charge in [-0.05, 0) is 30.5 Å².